The van der Waals surface area contributed by atoms with Crippen LogP contribution >= 0.6 is 12.4 Å². The van der Waals surface area contributed by atoms with Crippen LogP contribution in [-0.2, 0) is 11.8 Å². The molecule has 31 heavy (non-hydrogen) atoms. The number of hydrogen-bond acceptors (Lipinski definition) is 7. The Labute approximate surface area is 185 Å². The van der Waals surface area contributed by atoms with E-state index >= 15 is 0 Å². The Hall–Kier alpha value is -3.19. The summed E-state index contributed by atoms with van der Waals surface area (Å²) < 4.78 is 9.17. The summed E-state index contributed by atoms with van der Waals surface area (Å²) in [6.07, 6.45) is 4.17. The maximum atomic E-state index is 6.17. The highest BCUT2D eigenvalue weighted by atomic mass is 35.5. The number of nitrogen functional groups attached to an aromatic ring is 1. The first-order valence-electron chi connectivity index (χ1n) is 9.78. The second kappa shape index (κ2) is 8.51. The Bertz CT molecular complexity index is 1300. The molecule has 2 atom stereocenters. The van der Waals surface area contributed by atoms with Gasteiger partial charge in [-0.15, -0.1) is 12.4 Å². The second-order valence-electron chi connectivity index (χ2n) is 7.51. The lowest BCUT2D eigenvalue weighted by molar-refractivity contribution is 0.172. The van der Waals surface area contributed by atoms with E-state index < -0.39 is 0 Å². The molecule has 4 heterocycles. The molecule has 10 heteroatoms. The van der Waals surface area contributed by atoms with Gasteiger partial charge < -0.3 is 20.4 Å². The fourth-order valence-corrected chi connectivity index (χ4v) is 3.99. The van der Waals surface area contributed by atoms with Crippen LogP contribution in [0.3, 0.4) is 0 Å². The summed E-state index contributed by atoms with van der Waals surface area (Å²) in [4.78, 5) is 12.9. The minimum Gasteiger partial charge on any atom is -0.383 e. The zero-order valence-electron chi connectivity index (χ0n) is 17.2. The Balaban J connectivity index is 0.00000231. The zero-order valence-corrected chi connectivity index (χ0v) is 18.1. The molecule has 0 spiro atoms. The van der Waals surface area contributed by atoms with E-state index in [0.29, 0.717) is 35.2 Å². The number of imidazole rings is 1. The van der Waals surface area contributed by atoms with Gasteiger partial charge in [-0.25, -0.2) is 19.6 Å². The largest absolute Gasteiger partial charge is 0.383 e. The number of nitrogens with one attached hydrogen (secondary N) is 1. The number of hydrogen-bond donors (Lipinski definition) is 2. The number of anilines is 1. The van der Waals surface area contributed by atoms with Crippen LogP contribution in [0.15, 0.2) is 30.9 Å². The minimum absolute atomic E-state index is 0. The predicted molar refractivity (Wildman–Crippen MR) is 121 cm³/mol. The molecule has 1 saturated heterocycles. The van der Waals surface area contributed by atoms with E-state index in [1.807, 2.05) is 34.5 Å². The van der Waals surface area contributed by atoms with E-state index in [1.54, 1.807) is 13.4 Å². The summed E-state index contributed by atoms with van der Waals surface area (Å²) in [5.74, 6) is 6.78. The van der Waals surface area contributed by atoms with Crippen LogP contribution in [-0.4, -0.2) is 55.6 Å². The highest BCUT2D eigenvalue weighted by molar-refractivity contribution is 5.90. The first kappa shape index (κ1) is 21.1. The molecule has 1 aliphatic heterocycles. The first-order chi connectivity index (χ1) is 14.6. The normalized spacial score (nSPS) is 18.1. The molecule has 3 N–H and O–H groups in total. The molecule has 9 nitrogen and oxygen atoms in total. The number of aryl methyl sites for hydroxylation is 1. The van der Waals surface area contributed by atoms with Gasteiger partial charge in [-0.3, -0.25) is 0 Å². The standard InChI is InChI=1S/C21H22N8O.ClH/c1-28-12-26-16-5-3-13(7-18(16)28)4-6-17-19-20(22)24-11-25-21(19)29(27-17)15-8-14(10-30-2)23-9-15;/h3,5,7,11-12,14-15,23H,8-10H2,1-2H3,(H2,22,24,25);1H/t14-,15+;/m1./s1. The third kappa shape index (κ3) is 3.81. The van der Waals surface area contributed by atoms with E-state index in [0.717, 1.165) is 29.6 Å². The van der Waals surface area contributed by atoms with Crippen molar-refractivity contribution in [2.45, 2.75) is 18.5 Å². The molecule has 1 fully saturated rings. The highest BCUT2D eigenvalue weighted by Crippen LogP contribution is 2.27. The van der Waals surface area contributed by atoms with Crippen LogP contribution in [0.5, 0.6) is 0 Å². The third-order valence-electron chi connectivity index (χ3n) is 5.48. The van der Waals surface area contributed by atoms with Crippen molar-refractivity contribution in [2.24, 2.45) is 7.05 Å². The summed E-state index contributed by atoms with van der Waals surface area (Å²) in [6, 6.07) is 6.39. The Morgan fingerprint density at radius 2 is 2.13 bits per heavy atom. The number of halogens is 1. The molecule has 0 radical (unpaired) electrons. The molecule has 0 unspecified atom stereocenters. The number of fused-ring (bicyclic) bond motifs is 2. The zero-order chi connectivity index (χ0) is 20.7. The van der Waals surface area contributed by atoms with Crippen LogP contribution in [0.1, 0.15) is 23.7 Å². The van der Waals surface area contributed by atoms with Gasteiger partial charge in [-0.05, 0) is 30.5 Å². The Morgan fingerprint density at radius 1 is 1.26 bits per heavy atom. The van der Waals surface area contributed by atoms with Crippen molar-refractivity contribution in [3.05, 3.63) is 42.1 Å². The molecule has 0 saturated carbocycles. The predicted octanol–water partition coefficient (Wildman–Crippen LogP) is 1.67. The van der Waals surface area contributed by atoms with E-state index in [2.05, 4.69) is 32.1 Å². The van der Waals surface area contributed by atoms with Crippen molar-refractivity contribution in [3.8, 4) is 11.8 Å². The van der Waals surface area contributed by atoms with E-state index in [4.69, 9.17) is 15.6 Å². The van der Waals surface area contributed by atoms with Gasteiger partial charge in [-0.2, -0.15) is 5.10 Å². The van der Waals surface area contributed by atoms with Crippen LogP contribution in [0, 0.1) is 11.8 Å². The fourth-order valence-electron chi connectivity index (χ4n) is 3.99. The van der Waals surface area contributed by atoms with Crippen molar-refractivity contribution in [3.63, 3.8) is 0 Å². The number of ether oxygens (including phenoxy) is 1. The van der Waals surface area contributed by atoms with Gasteiger partial charge in [0.1, 0.15) is 17.8 Å². The lowest BCUT2D eigenvalue weighted by Gasteiger charge is -2.10. The SMILES string of the molecule is COC[C@H]1C[C@H](n2nc(C#Cc3ccc4ncn(C)c4c3)c3c(N)ncnc32)CN1.Cl. The number of methoxy groups -OCH3 is 1. The molecule has 3 aromatic heterocycles. The summed E-state index contributed by atoms with van der Waals surface area (Å²) in [5.41, 5.74) is 10.3. The second-order valence-corrected chi connectivity index (χ2v) is 7.51. The summed E-state index contributed by atoms with van der Waals surface area (Å²) in [6.45, 7) is 1.45. The van der Waals surface area contributed by atoms with Crippen LogP contribution in [0.2, 0.25) is 0 Å². The monoisotopic (exact) mass is 438 g/mol. The average molecular weight is 439 g/mol. The van der Waals surface area contributed by atoms with Gasteiger partial charge in [0.05, 0.1) is 35.4 Å². The molecule has 0 amide bonds. The van der Waals surface area contributed by atoms with E-state index in [-0.39, 0.29) is 18.4 Å². The van der Waals surface area contributed by atoms with Gasteiger partial charge in [0, 0.05) is 32.3 Å². The maximum absolute atomic E-state index is 6.17. The molecule has 5 rings (SSSR count). The minimum atomic E-state index is 0. The number of rotatable bonds is 3. The maximum Gasteiger partial charge on any atom is 0.164 e. The van der Waals surface area contributed by atoms with Gasteiger partial charge in [0.2, 0.25) is 0 Å². The van der Waals surface area contributed by atoms with Crippen molar-refractivity contribution in [1.82, 2.24) is 34.6 Å². The molecular formula is C21H23ClN8O. The molecule has 0 bridgehead atoms. The van der Waals surface area contributed by atoms with E-state index in [1.165, 1.54) is 6.33 Å². The number of nitrogens with two attached hydrogens (primary N) is 1. The topological polar surface area (TPSA) is 109 Å². The molecule has 1 aliphatic rings. The van der Waals surface area contributed by atoms with E-state index in [9.17, 15) is 0 Å². The smallest absolute Gasteiger partial charge is 0.164 e. The van der Waals surface area contributed by atoms with Gasteiger partial charge in [0.25, 0.3) is 0 Å². The number of aromatic nitrogens is 6. The van der Waals surface area contributed by atoms with Crippen molar-refractivity contribution in [1.29, 1.82) is 0 Å². The van der Waals surface area contributed by atoms with Crippen LogP contribution < -0.4 is 11.1 Å². The molecule has 1 aromatic carbocycles. The number of nitrogens with zero attached hydrogens (tertiary/aromatic N) is 6. The molecular weight excluding hydrogens is 416 g/mol. The van der Waals surface area contributed by atoms with Gasteiger partial charge >= 0.3 is 0 Å². The van der Waals surface area contributed by atoms with Crippen LogP contribution in [0.4, 0.5) is 5.82 Å². The lowest BCUT2D eigenvalue weighted by Crippen LogP contribution is -2.25. The molecule has 0 aliphatic carbocycles. The summed E-state index contributed by atoms with van der Waals surface area (Å²) in [5, 5.41) is 8.94. The first-order valence-corrected chi connectivity index (χ1v) is 9.78. The average Bonchev–Trinajstić information content (AvgIpc) is 3.45. The highest BCUT2D eigenvalue weighted by Gasteiger charge is 2.28. The fraction of sp³-hybridized carbons (Fsp3) is 0.333. The Morgan fingerprint density at radius 3 is 2.97 bits per heavy atom. The quantitative estimate of drug-likeness (QED) is 0.468. The lowest BCUT2D eigenvalue weighted by atomic mass is 10.2. The number of benzene rings is 1. The summed E-state index contributed by atoms with van der Waals surface area (Å²) >= 11 is 0. The molecule has 4 aromatic rings. The van der Waals surface area contributed by atoms with Gasteiger partial charge in [0.15, 0.2) is 5.65 Å². The third-order valence-corrected chi connectivity index (χ3v) is 5.48. The van der Waals surface area contributed by atoms with Crippen molar-refractivity contribution in [2.75, 3.05) is 26.0 Å². The van der Waals surface area contributed by atoms with Gasteiger partial charge in [-0.1, -0.05) is 5.92 Å². The summed E-state index contributed by atoms with van der Waals surface area (Å²) in [7, 11) is 3.68. The molecule has 160 valence electrons. The van der Waals surface area contributed by atoms with Crippen molar-refractivity contribution < 1.29 is 4.74 Å². The van der Waals surface area contributed by atoms with Crippen molar-refractivity contribution >= 4 is 40.3 Å². The Kier molecular flexibility index (Phi) is 5.78. The van der Waals surface area contributed by atoms with Crippen LogP contribution in [0.25, 0.3) is 22.1 Å².